The first-order valence-corrected chi connectivity index (χ1v) is 8.67. The number of rotatable bonds is 7. The zero-order chi connectivity index (χ0) is 17.6. The molecule has 0 saturated heterocycles. The van der Waals surface area contributed by atoms with Crippen LogP contribution in [0.15, 0.2) is 66.1 Å². The van der Waals surface area contributed by atoms with Gasteiger partial charge >= 0.3 is 0 Å². The third kappa shape index (κ3) is 4.03. The number of hydrogen-bond acceptors (Lipinski definition) is 5. The number of ether oxygens (including phenoxy) is 2. The summed E-state index contributed by atoms with van der Waals surface area (Å²) in [6.07, 6.45) is 3.59. The summed E-state index contributed by atoms with van der Waals surface area (Å²) >= 11 is 1.40. The van der Waals surface area contributed by atoms with Crippen molar-refractivity contribution in [1.82, 2.24) is 9.55 Å². The van der Waals surface area contributed by atoms with Gasteiger partial charge in [0.2, 0.25) is 0 Å². The van der Waals surface area contributed by atoms with Crippen LogP contribution in [0.4, 0.5) is 0 Å². The van der Waals surface area contributed by atoms with Gasteiger partial charge in [-0.05, 0) is 24.3 Å². The van der Waals surface area contributed by atoms with Crippen LogP contribution in [0.2, 0.25) is 0 Å². The first-order valence-electron chi connectivity index (χ1n) is 7.69. The van der Waals surface area contributed by atoms with E-state index in [2.05, 4.69) is 4.98 Å². The molecule has 0 amide bonds. The van der Waals surface area contributed by atoms with E-state index in [4.69, 9.17) is 9.47 Å². The highest BCUT2D eigenvalue weighted by atomic mass is 32.2. The van der Waals surface area contributed by atoms with Crippen LogP contribution in [0.1, 0.15) is 10.4 Å². The van der Waals surface area contributed by atoms with Crippen molar-refractivity contribution in [2.75, 3.05) is 20.0 Å². The average molecular weight is 354 g/mol. The molecule has 0 spiro atoms. The number of carbonyl (C=O) groups excluding carboxylic acids is 1. The van der Waals surface area contributed by atoms with E-state index >= 15 is 0 Å². The second-order valence-electron chi connectivity index (χ2n) is 5.23. The van der Waals surface area contributed by atoms with Gasteiger partial charge in [0.05, 0.1) is 25.7 Å². The van der Waals surface area contributed by atoms with Crippen molar-refractivity contribution >= 4 is 17.5 Å². The van der Waals surface area contributed by atoms with Crippen LogP contribution >= 0.6 is 11.8 Å². The summed E-state index contributed by atoms with van der Waals surface area (Å²) in [5, 5.41) is 0.754. The molecule has 3 aromatic rings. The molecule has 0 aliphatic heterocycles. The maximum atomic E-state index is 12.4. The van der Waals surface area contributed by atoms with E-state index in [1.165, 1.54) is 11.8 Å². The van der Waals surface area contributed by atoms with Crippen molar-refractivity contribution in [3.8, 4) is 17.2 Å². The summed E-state index contributed by atoms with van der Waals surface area (Å²) in [5.41, 5.74) is 1.57. The molecule has 0 aliphatic rings. The average Bonchev–Trinajstić information content (AvgIpc) is 3.14. The maximum absolute atomic E-state index is 12.4. The molecule has 0 saturated carbocycles. The van der Waals surface area contributed by atoms with Crippen LogP contribution in [-0.2, 0) is 0 Å². The molecule has 0 atom stereocenters. The minimum absolute atomic E-state index is 0.0316. The fourth-order valence-corrected chi connectivity index (χ4v) is 3.23. The third-order valence-electron chi connectivity index (χ3n) is 3.66. The van der Waals surface area contributed by atoms with Gasteiger partial charge in [0.1, 0.15) is 11.5 Å². The van der Waals surface area contributed by atoms with Gasteiger partial charge in [-0.3, -0.25) is 9.36 Å². The summed E-state index contributed by atoms with van der Waals surface area (Å²) in [4.78, 5) is 16.8. The van der Waals surface area contributed by atoms with Crippen LogP contribution in [0, 0.1) is 0 Å². The Morgan fingerprint density at radius 1 is 1.08 bits per heavy atom. The molecule has 6 heteroatoms. The van der Waals surface area contributed by atoms with Crippen LogP contribution in [0.25, 0.3) is 5.69 Å². The molecule has 0 unspecified atom stereocenters. The molecule has 1 heterocycles. The van der Waals surface area contributed by atoms with Crippen LogP contribution in [0.3, 0.4) is 0 Å². The highest BCUT2D eigenvalue weighted by Gasteiger charge is 2.12. The fourth-order valence-electron chi connectivity index (χ4n) is 2.36. The van der Waals surface area contributed by atoms with E-state index in [0.717, 1.165) is 16.6 Å². The number of carbonyl (C=O) groups is 1. The van der Waals surface area contributed by atoms with Crippen molar-refractivity contribution in [2.45, 2.75) is 5.16 Å². The van der Waals surface area contributed by atoms with Crippen molar-refractivity contribution in [3.05, 3.63) is 66.5 Å². The smallest absolute Gasteiger partial charge is 0.173 e. The first kappa shape index (κ1) is 17.1. The molecule has 0 bridgehead atoms. The molecule has 3 rings (SSSR count). The van der Waals surface area contributed by atoms with E-state index in [1.807, 2.05) is 47.2 Å². The van der Waals surface area contributed by atoms with Gasteiger partial charge in [-0.25, -0.2) is 4.98 Å². The predicted octanol–water partition coefficient (Wildman–Crippen LogP) is 3.86. The Morgan fingerprint density at radius 3 is 2.56 bits per heavy atom. The third-order valence-corrected chi connectivity index (χ3v) is 4.63. The highest BCUT2D eigenvalue weighted by Crippen LogP contribution is 2.24. The van der Waals surface area contributed by atoms with E-state index in [9.17, 15) is 4.79 Å². The largest absolute Gasteiger partial charge is 0.497 e. The molecule has 0 radical (unpaired) electrons. The monoisotopic (exact) mass is 354 g/mol. The summed E-state index contributed by atoms with van der Waals surface area (Å²) in [7, 11) is 3.22. The van der Waals surface area contributed by atoms with Gasteiger partial charge in [0.15, 0.2) is 10.9 Å². The Morgan fingerprint density at radius 2 is 1.80 bits per heavy atom. The Bertz CT molecular complexity index is 876. The van der Waals surface area contributed by atoms with E-state index < -0.39 is 0 Å². The van der Waals surface area contributed by atoms with Crippen LogP contribution in [0.5, 0.6) is 11.5 Å². The summed E-state index contributed by atoms with van der Waals surface area (Å²) in [6.45, 7) is 0. The Kier molecular flexibility index (Phi) is 5.40. The number of benzene rings is 2. The Hall–Kier alpha value is -2.73. The van der Waals surface area contributed by atoms with Gasteiger partial charge in [0.25, 0.3) is 0 Å². The predicted molar refractivity (Wildman–Crippen MR) is 98.2 cm³/mol. The van der Waals surface area contributed by atoms with E-state index in [0.29, 0.717) is 17.1 Å². The lowest BCUT2D eigenvalue weighted by molar-refractivity contribution is 0.102. The summed E-state index contributed by atoms with van der Waals surface area (Å²) < 4.78 is 12.4. The number of hydrogen-bond donors (Lipinski definition) is 0. The highest BCUT2D eigenvalue weighted by molar-refractivity contribution is 7.99. The van der Waals surface area contributed by atoms with Crippen molar-refractivity contribution in [3.63, 3.8) is 0 Å². The van der Waals surface area contributed by atoms with Crippen molar-refractivity contribution in [1.29, 1.82) is 0 Å². The minimum Gasteiger partial charge on any atom is -0.497 e. The van der Waals surface area contributed by atoms with E-state index in [-0.39, 0.29) is 5.78 Å². The Labute approximate surface area is 150 Å². The van der Waals surface area contributed by atoms with Gasteiger partial charge < -0.3 is 9.47 Å². The first-order chi connectivity index (χ1) is 12.2. The summed E-state index contributed by atoms with van der Waals surface area (Å²) in [6, 6.07) is 14.9. The number of aromatic nitrogens is 2. The van der Waals surface area contributed by atoms with Gasteiger partial charge in [-0.1, -0.05) is 30.0 Å². The van der Waals surface area contributed by atoms with Gasteiger partial charge in [-0.15, -0.1) is 0 Å². The number of nitrogens with zero attached hydrogens (tertiary/aromatic N) is 2. The fraction of sp³-hybridized carbons (Fsp3) is 0.158. The van der Waals surface area contributed by atoms with Crippen LogP contribution in [-0.4, -0.2) is 35.3 Å². The molecule has 0 fully saturated rings. The molecular formula is C19H18N2O3S. The number of ketones is 1. The SMILES string of the molecule is COc1cccc(C(=O)CSc2nccn2-c2cccc(OC)c2)c1. The summed E-state index contributed by atoms with van der Waals surface area (Å²) in [5.74, 6) is 1.78. The molecular weight excluding hydrogens is 336 g/mol. The normalized spacial score (nSPS) is 10.5. The molecule has 0 aliphatic carbocycles. The zero-order valence-corrected chi connectivity index (χ0v) is 14.8. The second-order valence-corrected chi connectivity index (χ2v) is 6.17. The topological polar surface area (TPSA) is 53.3 Å². The van der Waals surface area contributed by atoms with Gasteiger partial charge in [0, 0.05) is 24.0 Å². The molecule has 5 nitrogen and oxygen atoms in total. The molecule has 1 aromatic heterocycles. The molecule has 2 aromatic carbocycles. The molecule has 128 valence electrons. The van der Waals surface area contributed by atoms with Crippen molar-refractivity contribution < 1.29 is 14.3 Å². The number of methoxy groups -OCH3 is 2. The quantitative estimate of drug-likeness (QED) is 0.476. The van der Waals surface area contributed by atoms with E-state index in [1.54, 1.807) is 32.5 Å². The lowest BCUT2D eigenvalue weighted by atomic mass is 10.1. The standard InChI is InChI=1S/C19H18N2O3S/c1-23-16-7-3-5-14(11-16)18(22)13-25-19-20-9-10-21(19)15-6-4-8-17(12-15)24-2/h3-12H,13H2,1-2H3. The lowest BCUT2D eigenvalue weighted by Crippen LogP contribution is -2.04. The number of imidazole rings is 1. The Balaban J connectivity index is 1.74. The second kappa shape index (κ2) is 7.90. The van der Waals surface area contributed by atoms with Gasteiger partial charge in [-0.2, -0.15) is 0 Å². The molecule has 25 heavy (non-hydrogen) atoms. The van der Waals surface area contributed by atoms with Crippen molar-refractivity contribution in [2.24, 2.45) is 0 Å². The zero-order valence-electron chi connectivity index (χ0n) is 14.0. The molecule has 0 N–H and O–H groups in total. The van der Waals surface area contributed by atoms with Crippen LogP contribution < -0.4 is 9.47 Å². The lowest BCUT2D eigenvalue weighted by Gasteiger charge is -2.09. The maximum Gasteiger partial charge on any atom is 0.173 e. The number of thioether (sulfide) groups is 1. The number of Topliss-reactive ketones (excluding diaryl/α,β-unsaturated/α-hetero) is 1. The minimum atomic E-state index is 0.0316.